The molecule has 0 aliphatic carbocycles. The summed E-state index contributed by atoms with van der Waals surface area (Å²) in [5.41, 5.74) is 1.26. The van der Waals surface area contributed by atoms with E-state index in [-0.39, 0.29) is 11.5 Å². The molecule has 2 aliphatic rings. The molecule has 0 aromatic heterocycles. The predicted molar refractivity (Wildman–Crippen MR) is 97.9 cm³/mol. The molecule has 0 spiro atoms. The lowest BCUT2D eigenvalue weighted by molar-refractivity contribution is -0.130. The number of benzene rings is 1. The van der Waals surface area contributed by atoms with Crippen molar-refractivity contribution in [2.45, 2.75) is 0 Å². The molecule has 0 unspecified atom stereocenters. The number of piperazine rings is 1. The second-order valence-corrected chi connectivity index (χ2v) is 6.25. The number of anilines is 1. The lowest BCUT2D eigenvalue weighted by Crippen LogP contribution is -2.45. The van der Waals surface area contributed by atoms with Crippen molar-refractivity contribution in [2.75, 3.05) is 64.5 Å². The highest BCUT2D eigenvalue weighted by atomic mass is 16.5. The number of ether oxygens (including phenoxy) is 2. The van der Waals surface area contributed by atoms with Gasteiger partial charge in [0.2, 0.25) is 0 Å². The highest BCUT2D eigenvalue weighted by molar-refractivity contribution is 5.97. The third-order valence-electron chi connectivity index (χ3n) is 4.70. The van der Waals surface area contributed by atoms with Crippen molar-refractivity contribution in [1.29, 1.82) is 5.26 Å². The SMILES string of the molecule is COc1ccccc1N1CCN(/C=C(/C#N)C(=O)N2CCOCC2)CC1. The minimum atomic E-state index is -0.206. The van der Waals surface area contributed by atoms with Gasteiger partial charge in [-0.15, -0.1) is 0 Å². The van der Waals surface area contributed by atoms with Crippen molar-refractivity contribution in [3.05, 3.63) is 36.0 Å². The first kappa shape index (κ1) is 18.1. The molecule has 0 atom stereocenters. The fourth-order valence-corrected chi connectivity index (χ4v) is 3.23. The zero-order chi connectivity index (χ0) is 18.4. The molecule has 1 aromatic carbocycles. The molecule has 3 rings (SSSR count). The Kier molecular flexibility index (Phi) is 5.97. The molecule has 2 fully saturated rings. The summed E-state index contributed by atoms with van der Waals surface area (Å²) in [7, 11) is 1.67. The van der Waals surface area contributed by atoms with Crippen LogP contribution in [0.5, 0.6) is 5.75 Å². The van der Waals surface area contributed by atoms with Gasteiger partial charge in [-0.05, 0) is 12.1 Å². The summed E-state index contributed by atoms with van der Waals surface area (Å²) in [6.07, 6.45) is 1.71. The summed E-state index contributed by atoms with van der Waals surface area (Å²) in [4.78, 5) is 18.5. The van der Waals surface area contributed by atoms with Crippen molar-refractivity contribution < 1.29 is 14.3 Å². The highest BCUT2D eigenvalue weighted by Crippen LogP contribution is 2.28. The monoisotopic (exact) mass is 356 g/mol. The summed E-state index contributed by atoms with van der Waals surface area (Å²) >= 11 is 0. The van der Waals surface area contributed by atoms with Crippen LogP contribution in [-0.2, 0) is 9.53 Å². The van der Waals surface area contributed by atoms with Gasteiger partial charge in [-0.2, -0.15) is 5.26 Å². The lowest BCUT2D eigenvalue weighted by Gasteiger charge is -2.36. The number of carbonyl (C=O) groups excluding carboxylic acids is 1. The second-order valence-electron chi connectivity index (χ2n) is 6.25. The summed E-state index contributed by atoms with van der Waals surface area (Å²) < 4.78 is 10.7. The van der Waals surface area contributed by atoms with Crippen LogP contribution in [0.3, 0.4) is 0 Å². The van der Waals surface area contributed by atoms with Crippen molar-refractivity contribution in [3.63, 3.8) is 0 Å². The van der Waals surface area contributed by atoms with Gasteiger partial charge in [0.05, 0.1) is 26.0 Å². The molecule has 0 bridgehead atoms. The Hall–Kier alpha value is -2.72. The topological polar surface area (TPSA) is 69.0 Å². The standard InChI is InChI=1S/C19H24N4O3/c1-25-18-5-3-2-4-17(18)22-8-6-21(7-9-22)15-16(14-20)19(24)23-10-12-26-13-11-23/h2-5,15H,6-13H2,1H3/b16-15-. The molecule has 2 saturated heterocycles. The molecule has 7 nitrogen and oxygen atoms in total. The van der Waals surface area contributed by atoms with Crippen LogP contribution < -0.4 is 9.64 Å². The van der Waals surface area contributed by atoms with Crippen LogP contribution in [-0.4, -0.2) is 75.3 Å². The lowest BCUT2D eigenvalue weighted by atomic mass is 10.2. The van der Waals surface area contributed by atoms with Crippen molar-refractivity contribution >= 4 is 11.6 Å². The van der Waals surface area contributed by atoms with E-state index < -0.39 is 0 Å². The Morgan fingerprint density at radius 1 is 1.15 bits per heavy atom. The third kappa shape index (κ3) is 4.09. The summed E-state index contributed by atoms with van der Waals surface area (Å²) in [6.45, 7) is 5.25. The Balaban J connectivity index is 1.62. The van der Waals surface area contributed by atoms with Gasteiger partial charge < -0.3 is 24.2 Å². The van der Waals surface area contributed by atoms with Crippen molar-refractivity contribution in [3.8, 4) is 11.8 Å². The van der Waals surface area contributed by atoms with E-state index in [0.717, 1.165) is 37.6 Å². The minimum Gasteiger partial charge on any atom is -0.495 e. The zero-order valence-electron chi connectivity index (χ0n) is 15.1. The van der Waals surface area contributed by atoms with Crippen LogP contribution in [0.25, 0.3) is 0 Å². The first-order chi connectivity index (χ1) is 12.7. The largest absolute Gasteiger partial charge is 0.495 e. The van der Waals surface area contributed by atoms with Gasteiger partial charge in [0.25, 0.3) is 5.91 Å². The van der Waals surface area contributed by atoms with Gasteiger partial charge in [-0.25, -0.2) is 0 Å². The molecular formula is C19H24N4O3. The van der Waals surface area contributed by atoms with Gasteiger partial charge in [-0.1, -0.05) is 12.1 Å². The van der Waals surface area contributed by atoms with Gasteiger partial charge >= 0.3 is 0 Å². The molecule has 2 aliphatic heterocycles. The quantitative estimate of drug-likeness (QED) is 0.594. The smallest absolute Gasteiger partial charge is 0.266 e. The third-order valence-corrected chi connectivity index (χ3v) is 4.70. The van der Waals surface area contributed by atoms with E-state index in [9.17, 15) is 10.1 Å². The first-order valence-corrected chi connectivity index (χ1v) is 8.84. The van der Waals surface area contributed by atoms with Crippen LogP contribution in [0.1, 0.15) is 0 Å². The minimum absolute atomic E-state index is 0.192. The Labute approximate surface area is 154 Å². The number of para-hydroxylation sites is 2. The maximum atomic E-state index is 12.5. The van der Waals surface area contributed by atoms with Gasteiger partial charge in [0, 0.05) is 45.5 Å². The number of rotatable bonds is 4. The Morgan fingerprint density at radius 2 is 1.85 bits per heavy atom. The van der Waals surface area contributed by atoms with E-state index in [0.29, 0.717) is 26.3 Å². The number of nitrogens with zero attached hydrogens (tertiary/aromatic N) is 4. The fourth-order valence-electron chi connectivity index (χ4n) is 3.23. The number of methoxy groups -OCH3 is 1. The Bertz CT molecular complexity index is 699. The van der Waals surface area contributed by atoms with Crippen LogP contribution in [0.15, 0.2) is 36.0 Å². The fraction of sp³-hybridized carbons (Fsp3) is 0.474. The number of carbonyl (C=O) groups is 1. The highest BCUT2D eigenvalue weighted by Gasteiger charge is 2.23. The predicted octanol–water partition coefficient (Wildman–Crippen LogP) is 1.08. The number of hydrogen-bond donors (Lipinski definition) is 0. The van der Waals surface area contributed by atoms with E-state index in [2.05, 4.69) is 11.0 Å². The molecule has 0 saturated carbocycles. The van der Waals surface area contributed by atoms with Crippen molar-refractivity contribution in [1.82, 2.24) is 9.80 Å². The molecule has 138 valence electrons. The maximum Gasteiger partial charge on any atom is 0.266 e. The van der Waals surface area contributed by atoms with E-state index in [4.69, 9.17) is 9.47 Å². The average Bonchev–Trinajstić information content (AvgIpc) is 2.72. The van der Waals surface area contributed by atoms with Crippen LogP contribution in [0.2, 0.25) is 0 Å². The van der Waals surface area contributed by atoms with Crippen LogP contribution >= 0.6 is 0 Å². The second kappa shape index (κ2) is 8.59. The van der Waals surface area contributed by atoms with Gasteiger partial charge in [0.1, 0.15) is 17.4 Å². The number of amides is 1. The normalized spacial score (nSPS) is 18.5. The maximum absolute atomic E-state index is 12.5. The molecule has 0 N–H and O–H groups in total. The summed E-state index contributed by atoms with van der Waals surface area (Å²) in [6, 6.07) is 10.0. The van der Waals surface area contributed by atoms with E-state index in [1.807, 2.05) is 29.2 Å². The van der Waals surface area contributed by atoms with Crippen LogP contribution in [0, 0.1) is 11.3 Å². The molecule has 1 amide bonds. The molecule has 2 heterocycles. The summed E-state index contributed by atoms with van der Waals surface area (Å²) in [5, 5.41) is 9.41. The van der Waals surface area contributed by atoms with Gasteiger partial charge in [-0.3, -0.25) is 4.79 Å². The average molecular weight is 356 g/mol. The number of nitriles is 1. The molecule has 7 heteroatoms. The molecule has 1 aromatic rings. The Morgan fingerprint density at radius 3 is 2.50 bits per heavy atom. The zero-order valence-corrected chi connectivity index (χ0v) is 15.1. The first-order valence-electron chi connectivity index (χ1n) is 8.84. The number of hydrogen-bond acceptors (Lipinski definition) is 6. The van der Waals surface area contributed by atoms with E-state index >= 15 is 0 Å². The van der Waals surface area contributed by atoms with Crippen molar-refractivity contribution in [2.24, 2.45) is 0 Å². The molecule has 26 heavy (non-hydrogen) atoms. The summed E-state index contributed by atoms with van der Waals surface area (Å²) in [5.74, 6) is 0.652. The van der Waals surface area contributed by atoms with E-state index in [1.54, 1.807) is 18.2 Å². The molecular weight excluding hydrogens is 332 g/mol. The van der Waals surface area contributed by atoms with Gasteiger partial charge in [0.15, 0.2) is 0 Å². The van der Waals surface area contributed by atoms with Crippen LogP contribution in [0.4, 0.5) is 5.69 Å². The number of morpholine rings is 1. The molecule has 0 radical (unpaired) electrons. The van der Waals surface area contributed by atoms with E-state index in [1.165, 1.54) is 0 Å².